The molecule has 5 rings (SSSR count). The summed E-state index contributed by atoms with van der Waals surface area (Å²) >= 11 is 0. The molecule has 1 amide bonds. The van der Waals surface area contributed by atoms with Crippen LogP contribution in [-0.4, -0.2) is 77.8 Å². The lowest BCUT2D eigenvalue weighted by Crippen LogP contribution is -2.48. The number of benzene rings is 1. The van der Waals surface area contributed by atoms with Crippen molar-refractivity contribution < 1.29 is 13.2 Å². The zero-order valence-electron chi connectivity index (χ0n) is 14.9. The molecule has 0 saturated carbocycles. The molecule has 3 aliphatic heterocycles. The van der Waals surface area contributed by atoms with Gasteiger partial charge in [-0.15, -0.1) is 0 Å². The minimum absolute atomic E-state index is 0.119. The van der Waals surface area contributed by atoms with Crippen molar-refractivity contribution in [1.29, 1.82) is 0 Å². The van der Waals surface area contributed by atoms with Gasteiger partial charge in [0.05, 0.1) is 5.52 Å². The molecule has 2 atom stereocenters. The molecule has 0 radical (unpaired) electrons. The molecule has 3 fully saturated rings. The highest BCUT2D eigenvalue weighted by Crippen LogP contribution is 2.31. The molecule has 1 N–H and O–H groups in total. The number of hydrogen-bond acceptors (Lipinski definition) is 4. The van der Waals surface area contributed by atoms with Gasteiger partial charge in [-0.25, -0.2) is 0 Å². The van der Waals surface area contributed by atoms with Gasteiger partial charge in [-0.05, 0) is 24.8 Å². The lowest BCUT2D eigenvalue weighted by molar-refractivity contribution is 0.0584. The molecule has 2 aromatic rings. The van der Waals surface area contributed by atoms with E-state index in [1.54, 1.807) is 14.1 Å². The van der Waals surface area contributed by atoms with Crippen LogP contribution >= 0.6 is 0 Å². The quantitative estimate of drug-likeness (QED) is 0.861. The van der Waals surface area contributed by atoms with Crippen LogP contribution in [0.4, 0.5) is 0 Å². The normalized spacial score (nSPS) is 24.3. The first-order chi connectivity index (χ1) is 12.4. The Hall–Kier alpha value is -1.97. The first kappa shape index (κ1) is 17.4. The zero-order valence-corrected chi connectivity index (χ0v) is 15.7. The number of H-pyrrole nitrogens is 1. The Morgan fingerprint density at radius 3 is 2.73 bits per heavy atom. The summed E-state index contributed by atoms with van der Waals surface area (Å²) in [5, 5.41) is 7.93. The van der Waals surface area contributed by atoms with E-state index in [0.717, 1.165) is 23.7 Å². The van der Waals surface area contributed by atoms with Crippen molar-refractivity contribution in [3.05, 3.63) is 30.0 Å². The van der Waals surface area contributed by atoms with Crippen molar-refractivity contribution in [2.45, 2.75) is 18.9 Å². The van der Waals surface area contributed by atoms with Crippen LogP contribution in [0.2, 0.25) is 0 Å². The number of aromatic amines is 1. The fourth-order valence-corrected chi connectivity index (χ4v) is 5.19. The van der Waals surface area contributed by atoms with Crippen LogP contribution in [0.5, 0.6) is 0 Å². The molecule has 4 heterocycles. The summed E-state index contributed by atoms with van der Waals surface area (Å²) in [6.07, 6.45) is 1.76. The molecule has 26 heavy (non-hydrogen) atoms. The van der Waals surface area contributed by atoms with Gasteiger partial charge in [-0.1, -0.05) is 18.2 Å². The Labute approximate surface area is 152 Å². The molecule has 0 aliphatic carbocycles. The number of fused-ring (bicyclic) bond motifs is 5. The third-order valence-electron chi connectivity index (χ3n) is 5.40. The SMILES string of the molecule is CN(C)S(=O)(=O)N1C[C@H]2CC[C@@H](C1)N(C(=O)c1n[nH]c3ccccc13)C2. The predicted octanol–water partition coefficient (Wildman–Crippen LogP) is 0.906. The van der Waals surface area contributed by atoms with E-state index in [4.69, 9.17) is 0 Å². The van der Waals surface area contributed by atoms with E-state index in [2.05, 4.69) is 10.2 Å². The highest BCUT2D eigenvalue weighted by molar-refractivity contribution is 7.86. The van der Waals surface area contributed by atoms with Gasteiger partial charge in [-0.2, -0.15) is 22.1 Å². The van der Waals surface area contributed by atoms with Gasteiger partial charge < -0.3 is 4.90 Å². The van der Waals surface area contributed by atoms with Gasteiger partial charge in [0, 0.05) is 45.2 Å². The summed E-state index contributed by atoms with van der Waals surface area (Å²) in [7, 11) is -0.395. The zero-order chi connectivity index (χ0) is 18.5. The lowest BCUT2D eigenvalue weighted by Gasteiger charge is -2.35. The molecule has 9 heteroatoms. The van der Waals surface area contributed by atoms with Crippen molar-refractivity contribution in [3.63, 3.8) is 0 Å². The number of piperidine rings is 1. The molecule has 140 valence electrons. The molecule has 0 unspecified atom stereocenters. The Balaban J connectivity index is 1.64. The third kappa shape index (κ3) is 2.80. The summed E-state index contributed by atoms with van der Waals surface area (Å²) < 4.78 is 27.9. The molecule has 1 aromatic heterocycles. The smallest absolute Gasteiger partial charge is 0.281 e. The number of nitrogens with one attached hydrogen (secondary N) is 1. The maximum atomic E-state index is 13.2. The van der Waals surface area contributed by atoms with Crippen LogP contribution in [0.3, 0.4) is 0 Å². The Morgan fingerprint density at radius 2 is 1.96 bits per heavy atom. The molecule has 2 bridgehead atoms. The molecular weight excluding hydrogens is 354 g/mol. The van der Waals surface area contributed by atoms with Crippen LogP contribution in [0.15, 0.2) is 24.3 Å². The predicted molar refractivity (Wildman–Crippen MR) is 97.8 cm³/mol. The standard InChI is InChI=1S/C17H23N5O3S/c1-20(2)26(24,25)21-9-12-7-8-13(11-21)22(10-12)17(23)16-14-5-3-4-6-15(14)18-19-16/h3-6,12-13H,7-11H2,1-2H3,(H,18,19)/t12-,13+/m1/s1. The second-order valence-electron chi connectivity index (χ2n) is 7.28. The average Bonchev–Trinajstić information content (AvgIpc) is 2.82. The average molecular weight is 377 g/mol. The Bertz CT molecular complexity index is 939. The number of carbonyl (C=O) groups excluding carboxylic acids is 1. The minimum atomic E-state index is -3.48. The van der Waals surface area contributed by atoms with Crippen molar-refractivity contribution >= 4 is 27.0 Å². The topological polar surface area (TPSA) is 89.6 Å². The van der Waals surface area contributed by atoms with Gasteiger partial charge in [0.15, 0.2) is 5.69 Å². The van der Waals surface area contributed by atoms with Crippen molar-refractivity contribution in [3.8, 4) is 0 Å². The minimum Gasteiger partial charge on any atom is -0.333 e. The maximum Gasteiger partial charge on any atom is 0.281 e. The number of aromatic nitrogens is 2. The van der Waals surface area contributed by atoms with Crippen molar-refractivity contribution in [2.24, 2.45) is 5.92 Å². The first-order valence-electron chi connectivity index (χ1n) is 8.79. The molecule has 1 aromatic carbocycles. The molecule has 3 saturated heterocycles. The van der Waals surface area contributed by atoms with Crippen LogP contribution in [0, 0.1) is 5.92 Å². The van der Waals surface area contributed by atoms with E-state index in [1.807, 2.05) is 29.2 Å². The van der Waals surface area contributed by atoms with Crippen LogP contribution in [0.1, 0.15) is 23.3 Å². The first-order valence-corrected chi connectivity index (χ1v) is 10.2. The van der Waals surface area contributed by atoms with Gasteiger partial charge in [0.2, 0.25) is 0 Å². The summed E-state index contributed by atoms with van der Waals surface area (Å²) in [6.45, 7) is 1.37. The van der Waals surface area contributed by atoms with Gasteiger partial charge in [-0.3, -0.25) is 9.89 Å². The Morgan fingerprint density at radius 1 is 1.19 bits per heavy atom. The van der Waals surface area contributed by atoms with E-state index < -0.39 is 10.2 Å². The molecule has 0 spiro atoms. The van der Waals surface area contributed by atoms with E-state index in [1.165, 1.54) is 8.61 Å². The highest BCUT2D eigenvalue weighted by atomic mass is 32.2. The highest BCUT2D eigenvalue weighted by Gasteiger charge is 2.42. The summed E-state index contributed by atoms with van der Waals surface area (Å²) in [5.74, 6) is 0.0267. The number of nitrogens with zero attached hydrogens (tertiary/aromatic N) is 4. The number of amides is 1. The lowest BCUT2D eigenvalue weighted by atomic mass is 9.94. The van der Waals surface area contributed by atoms with E-state index >= 15 is 0 Å². The van der Waals surface area contributed by atoms with E-state index in [9.17, 15) is 13.2 Å². The van der Waals surface area contributed by atoms with Crippen LogP contribution in [-0.2, 0) is 10.2 Å². The Kier molecular flexibility index (Phi) is 4.25. The summed E-state index contributed by atoms with van der Waals surface area (Å²) in [4.78, 5) is 15.0. The fraction of sp³-hybridized carbons (Fsp3) is 0.529. The molecule has 3 aliphatic rings. The van der Waals surface area contributed by atoms with E-state index in [-0.39, 0.29) is 17.9 Å². The maximum absolute atomic E-state index is 13.2. The van der Waals surface area contributed by atoms with Gasteiger partial charge >= 0.3 is 0 Å². The number of hydrogen-bond donors (Lipinski definition) is 1. The summed E-state index contributed by atoms with van der Waals surface area (Å²) in [5.41, 5.74) is 1.24. The van der Waals surface area contributed by atoms with Crippen molar-refractivity contribution in [1.82, 2.24) is 23.7 Å². The third-order valence-corrected chi connectivity index (χ3v) is 7.28. The molecular formula is C17H23N5O3S. The molecule has 8 nitrogen and oxygen atoms in total. The number of rotatable bonds is 3. The summed E-state index contributed by atoms with van der Waals surface area (Å²) in [6, 6.07) is 7.43. The van der Waals surface area contributed by atoms with Gasteiger partial charge in [0.1, 0.15) is 0 Å². The fourth-order valence-electron chi connectivity index (χ4n) is 3.97. The second-order valence-corrected chi connectivity index (χ2v) is 9.42. The van der Waals surface area contributed by atoms with Crippen LogP contribution < -0.4 is 0 Å². The number of carbonyl (C=O) groups is 1. The van der Waals surface area contributed by atoms with Crippen molar-refractivity contribution in [2.75, 3.05) is 33.7 Å². The monoisotopic (exact) mass is 377 g/mol. The van der Waals surface area contributed by atoms with Crippen LogP contribution in [0.25, 0.3) is 10.9 Å². The second kappa shape index (κ2) is 6.33. The van der Waals surface area contributed by atoms with Gasteiger partial charge in [0.25, 0.3) is 16.1 Å². The number of para-hydroxylation sites is 1. The van der Waals surface area contributed by atoms with E-state index in [0.29, 0.717) is 25.3 Å². The largest absolute Gasteiger partial charge is 0.333 e.